The zero-order valence-corrected chi connectivity index (χ0v) is 20.8. The molecule has 2 aromatic carbocycles. The van der Waals surface area contributed by atoms with E-state index in [1.54, 1.807) is 6.07 Å². The molecule has 2 aliphatic rings. The molecule has 2 amide bonds. The molecule has 0 aliphatic carbocycles. The maximum Gasteiger partial charge on any atom is 0.257 e. The van der Waals surface area contributed by atoms with Gasteiger partial charge in [0.2, 0.25) is 5.91 Å². The third-order valence-electron chi connectivity index (χ3n) is 7.17. The van der Waals surface area contributed by atoms with E-state index in [9.17, 15) is 9.59 Å². The van der Waals surface area contributed by atoms with Crippen molar-refractivity contribution in [3.05, 3.63) is 76.5 Å². The highest BCUT2D eigenvalue weighted by atomic mass is 35.5. The number of nitrogens with zero attached hydrogens (tertiary/aromatic N) is 2. The van der Waals surface area contributed by atoms with Gasteiger partial charge in [-0.1, -0.05) is 48.0 Å². The van der Waals surface area contributed by atoms with Gasteiger partial charge in [0.1, 0.15) is 11.5 Å². The summed E-state index contributed by atoms with van der Waals surface area (Å²) < 4.78 is 5.90. The van der Waals surface area contributed by atoms with E-state index in [-0.39, 0.29) is 11.8 Å². The maximum atomic E-state index is 13.2. The fraction of sp³-hybridized carbons (Fsp3) is 0.357. The van der Waals surface area contributed by atoms with Crippen molar-refractivity contribution in [1.29, 1.82) is 0 Å². The Morgan fingerprint density at radius 1 is 1.00 bits per heavy atom. The van der Waals surface area contributed by atoms with Gasteiger partial charge in [0, 0.05) is 55.4 Å². The maximum absolute atomic E-state index is 13.2. The minimum absolute atomic E-state index is 0.0107. The topological polar surface area (TPSA) is 65.8 Å². The van der Waals surface area contributed by atoms with Crippen molar-refractivity contribution in [2.45, 2.75) is 20.3 Å². The number of anilines is 1. The fourth-order valence-electron chi connectivity index (χ4n) is 5.20. The molecule has 0 radical (unpaired) electrons. The molecule has 1 aromatic heterocycles. The molecule has 3 heterocycles. The summed E-state index contributed by atoms with van der Waals surface area (Å²) in [6.07, 6.45) is 0.435. The number of aryl methyl sites for hydroxylation is 2. The molecule has 6 nitrogen and oxygen atoms in total. The zero-order valence-electron chi connectivity index (χ0n) is 20.1. The predicted octanol–water partition coefficient (Wildman–Crippen LogP) is 5.25. The van der Waals surface area contributed by atoms with E-state index >= 15 is 0 Å². The predicted molar refractivity (Wildman–Crippen MR) is 138 cm³/mol. The molecule has 0 bridgehead atoms. The molecule has 2 fully saturated rings. The number of benzene rings is 2. The van der Waals surface area contributed by atoms with Gasteiger partial charge in [0.05, 0.1) is 5.56 Å². The molecule has 7 heteroatoms. The first-order chi connectivity index (χ1) is 16.9. The van der Waals surface area contributed by atoms with Crippen LogP contribution in [0.4, 0.5) is 5.69 Å². The number of halogens is 1. The summed E-state index contributed by atoms with van der Waals surface area (Å²) in [5, 5.41) is 3.58. The average molecular weight is 492 g/mol. The van der Waals surface area contributed by atoms with Crippen molar-refractivity contribution in [1.82, 2.24) is 9.80 Å². The second-order valence-corrected chi connectivity index (χ2v) is 10.1. The number of furan rings is 1. The molecule has 5 rings (SSSR count). The van der Waals surface area contributed by atoms with Gasteiger partial charge in [-0.2, -0.15) is 0 Å². The van der Waals surface area contributed by atoms with E-state index in [0.717, 1.165) is 48.8 Å². The molecule has 182 valence electrons. The van der Waals surface area contributed by atoms with Crippen molar-refractivity contribution in [3.8, 4) is 11.3 Å². The van der Waals surface area contributed by atoms with Crippen LogP contribution in [-0.2, 0) is 4.79 Å². The van der Waals surface area contributed by atoms with Gasteiger partial charge in [0.25, 0.3) is 5.91 Å². The normalized spacial score (nSPS) is 19.7. The van der Waals surface area contributed by atoms with Gasteiger partial charge in [-0.05, 0) is 49.4 Å². The highest BCUT2D eigenvalue weighted by molar-refractivity contribution is 6.31. The molecule has 3 aromatic rings. The summed E-state index contributed by atoms with van der Waals surface area (Å²) in [5.41, 5.74) is 3.33. The number of hydrogen-bond donors (Lipinski definition) is 1. The molecular formula is C28H30ClN3O3. The number of nitrogens with one attached hydrogen (secondary N) is 1. The van der Waals surface area contributed by atoms with Gasteiger partial charge in [0.15, 0.2) is 0 Å². The summed E-state index contributed by atoms with van der Waals surface area (Å²) >= 11 is 6.15. The molecular weight excluding hydrogens is 462 g/mol. The molecule has 1 N–H and O–H groups in total. The Morgan fingerprint density at radius 2 is 1.71 bits per heavy atom. The van der Waals surface area contributed by atoms with Crippen LogP contribution in [0.25, 0.3) is 11.3 Å². The monoisotopic (exact) mass is 491 g/mol. The summed E-state index contributed by atoms with van der Waals surface area (Å²) in [7, 11) is 0. The van der Waals surface area contributed by atoms with Crippen LogP contribution in [0.5, 0.6) is 0 Å². The van der Waals surface area contributed by atoms with Crippen molar-refractivity contribution < 1.29 is 14.0 Å². The third-order valence-corrected chi connectivity index (χ3v) is 7.57. The van der Waals surface area contributed by atoms with E-state index in [1.807, 2.05) is 67.3 Å². The number of rotatable bonds is 6. The second kappa shape index (κ2) is 9.88. The minimum Gasteiger partial charge on any atom is -0.461 e. The fourth-order valence-corrected chi connectivity index (χ4v) is 5.38. The molecule has 0 saturated carbocycles. The largest absolute Gasteiger partial charge is 0.461 e. The van der Waals surface area contributed by atoms with E-state index in [2.05, 4.69) is 10.2 Å². The molecule has 2 unspecified atom stereocenters. The summed E-state index contributed by atoms with van der Waals surface area (Å²) in [6.45, 7) is 7.83. The van der Waals surface area contributed by atoms with Crippen LogP contribution in [-0.4, -0.2) is 54.3 Å². The number of fused-ring (bicyclic) bond motifs is 1. The van der Waals surface area contributed by atoms with E-state index in [0.29, 0.717) is 41.1 Å². The lowest BCUT2D eigenvalue weighted by atomic mass is 10.0. The van der Waals surface area contributed by atoms with Crippen LogP contribution in [0, 0.1) is 25.7 Å². The van der Waals surface area contributed by atoms with Gasteiger partial charge < -0.3 is 19.5 Å². The number of hydrogen-bond acceptors (Lipinski definition) is 4. The van der Waals surface area contributed by atoms with Gasteiger partial charge >= 0.3 is 0 Å². The van der Waals surface area contributed by atoms with E-state index in [1.165, 1.54) is 0 Å². The van der Waals surface area contributed by atoms with E-state index in [4.69, 9.17) is 16.0 Å². The quantitative estimate of drug-likeness (QED) is 0.511. The first kappa shape index (κ1) is 23.6. The lowest BCUT2D eigenvalue weighted by molar-refractivity contribution is -0.116. The summed E-state index contributed by atoms with van der Waals surface area (Å²) in [6, 6.07) is 17.3. The Hall–Kier alpha value is -3.09. The van der Waals surface area contributed by atoms with Gasteiger partial charge in [-0.15, -0.1) is 0 Å². The van der Waals surface area contributed by atoms with Crippen LogP contribution >= 0.6 is 11.6 Å². The smallest absolute Gasteiger partial charge is 0.257 e. The highest BCUT2D eigenvalue weighted by Gasteiger charge is 2.42. The second-order valence-electron chi connectivity index (χ2n) is 9.70. The van der Waals surface area contributed by atoms with Gasteiger partial charge in [-0.25, -0.2) is 0 Å². The zero-order chi connectivity index (χ0) is 24.5. The average Bonchev–Trinajstić information content (AvgIpc) is 3.53. The van der Waals surface area contributed by atoms with E-state index < -0.39 is 0 Å². The molecule has 0 spiro atoms. The number of amides is 2. The van der Waals surface area contributed by atoms with Crippen molar-refractivity contribution in [2.75, 3.05) is 38.0 Å². The lowest BCUT2D eigenvalue weighted by Gasteiger charge is -2.21. The van der Waals surface area contributed by atoms with Crippen molar-refractivity contribution in [2.24, 2.45) is 11.8 Å². The molecule has 2 aliphatic heterocycles. The Balaban J connectivity index is 1.12. The van der Waals surface area contributed by atoms with Crippen LogP contribution in [0.15, 0.2) is 59.0 Å². The molecule has 2 saturated heterocycles. The Kier molecular flexibility index (Phi) is 6.67. The number of carbonyl (C=O) groups is 2. The molecule has 35 heavy (non-hydrogen) atoms. The minimum atomic E-state index is -0.0107. The van der Waals surface area contributed by atoms with Crippen LogP contribution < -0.4 is 5.32 Å². The summed E-state index contributed by atoms with van der Waals surface area (Å²) in [4.78, 5) is 30.0. The number of carbonyl (C=O) groups excluding carboxylic acids is 2. The van der Waals surface area contributed by atoms with Crippen LogP contribution in [0.1, 0.15) is 28.1 Å². The first-order valence-electron chi connectivity index (χ1n) is 12.1. The summed E-state index contributed by atoms with van der Waals surface area (Å²) in [5.74, 6) is 2.31. The highest BCUT2D eigenvalue weighted by Crippen LogP contribution is 2.33. The van der Waals surface area contributed by atoms with Crippen LogP contribution in [0.3, 0.4) is 0 Å². The Bertz CT molecular complexity index is 1230. The first-order valence-corrected chi connectivity index (χ1v) is 12.5. The lowest BCUT2D eigenvalue weighted by Crippen LogP contribution is -2.34. The molecule has 2 atom stereocenters. The van der Waals surface area contributed by atoms with Crippen LogP contribution in [0.2, 0.25) is 5.02 Å². The third kappa shape index (κ3) is 5.14. The Morgan fingerprint density at radius 3 is 2.40 bits per heavy atom. The van der Waals surface area contributed by atoms with Gasteiger partial charge in [-0.3, -0.25) is 9.59 Å². The van der Waals surface area contributed by atoms with Crippen molar-refractivity contribution in [3.63, 3.8) is 0 Å². The number of likely N-dealkylation sites (tertiary alicyclic amines) is 2. The van der Waals surface area contributed by atoms with Crippen molar-refractivity contribution >= 4 is 29.1 Å². The Labute approximate surface area is 210 Å². The SMILES string of the molecule is Cc1ccc(NC(=O)CCN2CC3CN(C(=O)c4cc(-c5ccccc5)oc4C)CC3C2)cc1Cl. The standard InChI is InChI=1S/C28H30ClN3O3/c1-18-8-9-23(12-25(18)29)30-27(33)10-11-31-14-21-16-32(17-22(21)15-31)28(34)24-13-26(35-19(24)2)20-6-4-3-5-7-20/h3-9,12-13,21-22H,10-11,14-17H2,1-2H3,(H,30,33).